The lowest BCUT2D eigenvalue weighted by Crippen LogP contribution is -2.13. The number of aliphatic hydroxyl groups excluding tert-OH is 1. The van der Waals surface area contributed by atoms with E-state index in [9.17, 15) is 9.50 Å². The van der Waals surface area contributed by atoms with Gasteiger partial charge in [-0.15, -0.1) is 0 Å². The van der Waals surface area contributed by atoms with Gasteiger partial charge in [-0.1, -0.05) is 45.7 Å². The lowest BCUT2D eigenvalue weighted by atomic mass is 9.93. The van der Waals surface area contributed by atoms with Gasteiger partial charge in [0.25, 0.3) is 0 Å². The zero-order valence-corrected chi connectivity index (χ0v) is 13.2. The molecular weight excluding hydrogens is 343 g/mol. The third-order valence-electron chi connectivity index (χ3n) is 3.20. The van der Waals surface area contributed by atoms with Crippen LogP contribution in [0.2, 0.25) is 5.02 Å². The molecule has 1 nitrogen and oxygen atoms in total. The Morgan fingerprint density at radius 3 is 2.60 bits per heavy atom. The van der Waals surface area contributed by atoms with Gasteiger partial charge in [0.15, 0.2) is 0 Å². The summed E-state index contributed by atoms with van der Waals surface area (Å²) in [4.78, 5) is 0. The van der Waals surface area contributed by atoms with Gasteiger partial charge in [-0.3, -0.25) is 0 Å². The second-order valence-corrected chi connectivity index (χ2v) is 6.15. The molecule has 106 valence electrons. The first-order chi connectivity index (χ1) is 9.58. The average molecular weight is 358 g/mol. The summed E-state index contributed by atoms with van der Waals surface area (Å²) in [7, 11) is 0. The first-order valence-electron chi connectivity index (χ1n) is 6.37. The molecule has 2 aromatic carbocycles. The van der Waals surface area contributed by atoms with E-state index in [2.05, 4.69) is 15.9 Å². The summed E-state index contributed by atoms with van der Waals surface area (Å²) in [5.41, 5.74) is 2.01. The molecule has 20 heavy (non-hydrogen) atoms. The van der Waals surface area contributed by atoms with E-state index >= 15 is 0 Å². The van der Waals surface area contributed by atoms with Crippen LogP contribution < -0.4 is 0 Å². The third-order valence-corrected chi connectivity index (χ3v) is 4.04. The summed E-state index contributed by atoms with van der Waals surface area (Å²) in [5, 5.41) is 9.95. The van der Waals surface area contributed by atoms with Crippen LogP contribution >= 0.6 is 27.5 Å². The Morgan fingerprint density at radius 2 is 1.95 bits per heavy atom. The summed E-state index contributed by atoms with van der Waals surface area (Å²) in [6.45, 7) is 0.0697. The molecule has 2 aromatic rings. The Bertz CT molecular complexity index is 588. The molecule has 0 aliphatic rings. The summed E-state index contributed by atoms with van der Waals surface area (Å²) in [5.74, 6) is -0.279. The predicted molar refractivity (Wildman–Crippen MR) is 83.5 cm³/mol. The lowest BCUT2D eigenvalue weighted by molar-refractivity contribution is 0.225. The average Bonchev–Trinajstić information content (AvgIpc) is 2.41. The van der Waals surface area contributed by atoms with Gasteiger partial charge in [0, 0.05) is 16.1 Å². The normalized spacial score (nSPS) is 12.4. The molecule has 0 aliphatic heterocycles. The molecule has 1 atom stereocenters. The molecule has 1 unspecified atom stereocenters. The number of hydrogen-bond donors (Lipinski definition) is 1. The quantitative estimate of drug-likeness (QED) is 0.827. The molecule has 0 bridgehead atoms. The van der Waals surface area contributed by atoms with Crippen LogP contribution in [0.3, 0.4) is 0 Å². The number of aliphatic hydroxyl groups is 1. The van der Waals surface area contributed by atoms with Gasteiger partial charge in [0.2, 0.25) is 0 Å². The Hall–Kier alpha value is -0.900. The molecule has 1 N–H and O–H groups in total. The Kier molecular flexibility index (Phi) is 5.58. The predicted octanol–water partition coefficient (Wildman–Crippen LogP) is 4.64. The molecule has 0 radical (unpaired) electrons. The van der Waals surface area contributed by atoms with Gasteiger partial charge in [0.05, 0.1) is 0 Å². The molecule has 0 heterocycles. The maximum Gasteiger partial charge on any atom is 0.124 e. The second-order valence-electron chi connectivity index (χ2n) is 4.82. The summed E-state index contributed by atoms with van der Waals surface area (Å²) in [6, 6.07) is 12.4. The van der Waals surface area contributed by atoms with Crippen LogP contribution in [0.15, 0.2) is 46.9 Å². The van der Waals surface area contributed by atoms with E-state index in [-0.39, 0.29) is 18.3 Å². The maximum absolute atomic E-state index is 13.0. The molecule has 0 aromatic heterocycles. The number of halogens is 3. The van der Waals surface area contributed by atoms with Crippen LogP contribution in [0.1, 0.15) is 11.1 Å². The monoisotopic (exact) mass is 356 g/mol. The van der Waals surface area contributed by atoms with E-state index in [1.165, 1.54) is 12.1 Å². The Morgan fingerprint density at radius 1 is 1.15 bits per heavy atom. The van der Waals surface area contributed by atoms with Gasteiger partial charge < -0.3 is 5.11 Å². The first-order valence-corrected chi connectivity index (χ1v) is 7.55. The molecule has 4 heteroatoms. The third kappa shape index (κ3) is 4.30. The number of hydrogen-bond acceptors (Lipinski definition) is 1. The highest BCUT2D eigenvalue weighted by Crippen LogP contribution is 2.23. The van der Waals surface area contributed by atoms with Crippen molar-refractivity contribution in [1.29, 1.82) is 0 Å². The van der Waals surface area contributed by atoms with Gasteiger partial charge in [-0.25, -0.2) is 4.39 Å². The molecule has 0 amide bonds. The van der Waals surface area contributed by atoms with Crippen molar-refractivity contribution < 1.29 is 9.50 Å². The van der Waals surface area contributed by atoms with Crippen molar-refractivity contribution in [2.75, 3.05) is 6.61 Å². The zero-order chi connectivity index (χ0) is 14.5. The highest BCUT2D eigenvalue weighted by molar-refractivity contribution is 9.10. The summed E-state index contributed by atoms with van der Waals surface area (Å²) in [6.07, 6.45) is 1.38. The van der Waals surface area contributed by atoms with E-state index in [0.29, 0.717) is 11.4 Å². The maximum atomic E-state index is 13.0. The minimum atomic E-state index is -0.341. The van der Waals surface area contributed by atoms with E-state index in [0.717, 1.165) is 22.0 Å². The van der Waals surface area contributed by atoms with Crippen molar-refractivity contribution in [3.05, 3.63) is 68.9 Å². The smallest absolute Gasteiger partial charge is 0.124 e. The molecule has 0 fully saturated rings. The number of benzene rings is 2. The van der Waals surface area contributed by atoms with Crippen LogP contribution in [0, 0.1) is 11.7 Å². The van der Waals surface area contributed by atoms with Crippen molar-refractivity contribution in [3.8, 4) is 0 Å². The van der Waals surface area contributed by atoms with Crippen LogP contribution in [0.4, 0.5) is 4.39 Å². The topological polar surface area (TPSA) is 20.2 Å². The highest BCUT2D eigenvalue weighted by Gasteiger charge is 2.12. The number of rotatable bonds is 5. The fourth-order valence-electron chi connectivity index (χ4n) is 2.20. The zero-order valence-electron chi connectivity index (χ0n) is 10.8. The Labute approximate surface area is 131 Å². The fraction of sp³-hybridized carbons (Fsp3) is 0.250. The molecule has 0 saturated heterocycles. The highest BCUT2D eigenvalue weighted by atomic mass is 79.9. The van der Waals surface area contributed by atoms with Crippen LogP contribution in [-0.2, 0) is 12.8 Å². The molecule has 0 spiro atoms. The first kappa shape index (κ1) is 15.5. The summed E-state index contributed by atoms with van der Waals surface area (Å²) < 4.78 is 14.0. The van der Waals surface area contributed by atoms with Crippen molar-refractivity contribution in [3.63, 3.8) is 0 Å². The van der Waals surface area contributed by atoms with Crippen molar-refractivity contribution in [2.24, 2.45) is 5.92 Å². The van der Waals surface area contributed by atoms with Crippen molar-refractivity contribution in [2.45, 2.75) is 12.8 Å². The minimum Gasteiger partial charge on any atom is -0.396 e. The lowest BCUT2D eigenvalue weighted by Gasteiger charge is -2.15. The Balaban J connectivity index is 2.09. The van der Waals surface area contributed by atoms with Crippen LogP contribution in [-0.4, -0.2) is 11.7 Å². The molecule has 0 saturated carbocycles. The fourth-order valence-corrected chi connectivity index (χ4v) is 2.89. The van der Waals surface area contributed by atoms with Gasteiger partial charge in [0.1, 0.15) is 5.82 Å². The second kappa shape index (κ2) is 7.21. The summed E-state index contributed by atoms with van der Waals surface area (Å²) >= 11 is 9.46. The van der Waals surface area contributed by atoms with Gasteiger partial charge in [-0.05, 0) is 54.2 Å². The minimum absolute atomic E-state index is 0.0623. The van der Waals surface area contributed by atoms with Crippen molar-refractivity contribution >= 4 is 27.5 Å². The largest absolute Gasteiger partial charge is 0.396 e. The van der Waals surface area contributed by atoms with E-state index in [1.54, 1.807) is 6.07 Å². The van der Waals surface area contributed by atoms with Crippen LogP contribution in [0.25, 0.3) is 0 Å². The van der Waals surface area contributed by atoms with Crippen LogP contribution in [0.5, 0.6) is 0 Å². The van der Waals surface area contributed by atoms with Crippen molar-refractivity contribution in [1.82, 2.24) is 0 Å². The molecule has 0 aliphatic carbocycles. The SMILES string of the molecule is OCC(Cc1cccc(Br)c1)Cc1ccc(F)cc1Cl. The molecular formula is C16H15BrClFO. The van der Waals surface area contributed by atoms with E-state index in [4.69, 9.17) is 11.6 Å². The standard InChI is InChI=1S/C16H15BrClFO/c17-14-3-1-2-11(8-14)6-12(10-20)7-13-4-5-15(19)9-16(13)18/h1-5,8-9,12,20H,6-7,10H2. The van der Waals surface area contributed by atoms with E-state index in [1.807, 2.05) is 24.3 Å². The molecule has 2 rings (SSSR count). The van der Waals surface area contributed by atoms with E-state index < -0.39 is 0 Å². The van der Waals surface area contributed by atoms with Gasteiger partial charge >= 0.3 is 0 Å². The van der Waals surface area contributed by atoms with Gasteiger partial charge in [-0.2, -0.15) is 0 Å².